The van der Waals surface area contributed by atoms with E-state index in [1.54, 1.807) is 12.3 Å². The smallest absolute Gasteiger partial charge is 0.127 e. The van der Waals surface area contributed by atoms with Crippen molar-refractivity contribution in [2.24, 2.45) is 7.05 Å². The lowest BCUT2D eigenvalue weighted by Crippen LogP contribution is -2.16. The number of aryl methyl sites for hydroxylation is 1. The summed E-state index contributed by atoms with van der Waals surface area (Å²) in [6.45, 7) is 0.925. The molecular weight excluding hydrogens is 231 g/mol. The van der Waals surface area contributed by atoms with Gasteiger partial charge in [-0.1, -0.05) is 0 Å². The Balaban J connectivity index is 1.98. The number of benzene rings is 1. The molecule has 0 unspecified atom stereocenters. The van der Waals surface area contributed by atoms with E-state index in [0.29, 0.717) is 24.2 Å². The van der Waals surface area contributed by atoms with Gasteiger partial charge in [-0.2, -0.15) is 5.26 Å². The Morgan fingerprint density at radius 2 is 2.28 bits per heavy atom. The Kier molecular flexibility index (Phi) is 3.70. The van der Waals surface area contributed by atoms with Crippen LogP contribution in [0.3, 0.4) is 0 Å². The lowest BCUT2D eigenvalue weighted by Gasteiger charge is -2.06. The third kappa shape index (κ3) is 2.73. The Bertz CT molecular complexity index is 583. The second-order valence-corrected chi connectivity index (χ2v) is 3.98. The molecule has 0 saturated carbocycles. The van der Waals surface area contributed by atoms with Crippen LogP contribution in [0.4, 0.5) is 4.39 Å². The van der Waals surface area contributed by atoms with Gasteiger partial charge in [-0.25, -0.2) is 9.37 Å². The number of nitriles is 1. The molecule has 0 atom stereocenters. The molecule has 0 saturated heterocycles. The molecule has 0 aliphatic rings. The van der Waals surface area contributed by atoms with Gasteiger partial charge in [-0.15, -0.1) is 0 Å². The molecule has 0 radical (unpaired) electrons. The number of imidazole rings is 1. The third-order valence-electron chi connectivity index (χ3n) is 2.69. The molecule has 2 rings (SSSR count). The zero-order chi connectivity index (χ0) is 13.0. The summed E-state index contributed by atoms with van der Waals surface area (Å²) in [6.07, 6.45) is 3.57. The summed E-state index contributed by atoms with van der Waals surface area (Å²) in [7, 11) is 1.90. The molecule has 1 heterocycles. The second-order valence-electron chi connectivity index (χ2n) is 3.98. The van der Waals surface area contributed by atoms with Crippen LogP contribution in [-0.2, 0) is 20.1 Å². The number of aromatic nitrogens is 2. The average Bonchev–Trinajstić information content (AvgIpc) is 2.77. The van der Waals surface area contributed by atoms with Crippen LogP contribution in [0.25, 0.3) is 0 Å². The van der Waals surface area contributed by atoms with Gasteiger partial charge in [0.15, 0.2) is 0 Å². The maximum Gasteiger partial charge on any atom is 0.127 e. The summed E-state index contributed by atoms with van der Waals surface area (Å²) in [5.74, 6) is 0.577. The van der Waals surface area contributed by atoms with Crippen LogP contribution >= 0.6 is 0 Å². The molecule has 0 aliphatic carbocycles. The van der Waals surface area contributed by atoms with Crippen molar-refractivity contribution in [1.82, 2.24) is 14.9 Å². The van der Waals surface area contributed by atoms with Crippen LogP contribution in [0.2, 0.25) is 0 Å². The number of nitrogens with zero attached hydrogens (tertiary/aromatic N) is 3. The van der Waals surface area contributed by atoms with Gasteiger partial charge in [-0.3, -0.25) is 0 Å². The molecular formula is C13H13FN4. The fraction of sp³-hybridized carbons (Fsp3) is 0.231. The second kappa shape index (κ2) is 5.43. The van der Waals surface area contributed by atoms with Crippen LogP contribution in [0.1, 0.15) is 17.0 Å². The van der Waals surface area contributed by atoms with Gasteiger partial charge in [0.25, 0.3) is 0 Å². The molecule has 0 amide bonds. The van der Waals surface area contributed by atoms with Gasteiger partial charge in [0.05, 0.1) is 18.2 Å². The van der Waals surface area contributed by atoms with Crippen molar-refractivity contribution in [1.29, 1.82) is 5.26 Å². The molecule has 0 bridgehead atoms. The minimum Gasteiger partial charge on any atom is -0.337 e. The van der Waals surface area contributed by atoms with E-state index in [4.69, 9.17) is 5.26 Å². The van der Waals surface area contributed by atoms with Crippen molar-refractivity contribution >= 4 is 0 Å². The first-order chi connectivity index (χ1) is 8.70. The van der Waals surface area contributed by atoms with Crippen molar-refractivity contribution in [3.8, 4) is 6.07 Å². The molecule has 92 valence electrons. The predicted octanol–water partition coefficient (Wildman–Crippen LogP) is 1.72. The Hall–Kier alpha value is -2.19. The summed E-state index contributed by atoms with van der Waals surface area (Å²) in [5, 5.41) is 11.9. The van der Waals surface area contributed by atoms with Crippen LogP contribution in [-0.4, -0.2) is 9.55 Å². The summed E-state index contributed by atoms with van der Waals surface area (Å²) >= 11 is 0. The van der Waals surface area contributed by atoms with Crippen LogP contribution < -0.4 is 5.32 Å². The highest BCUT2D eigenvalue weighted by Gasteiger charge is 2.04. The van der Waals surface area contributed by atoms with E-state index < -0.39 is 0 Å². The molecule has 18 heavy (non-hydrogen) atoms. The van der Waals surface area contributed by atoms with E-state index in [1.165, 1.54) is 12.1 Å². The van der Waals surface area contributed by atoms with Gasteiger partial charge >= 0.3 is 0 Å². The number of halogens is 1. The molecule has 5 heteroatoms. The Labute approximate surface area is 105 Å². The van der Waals surface area contributed by atoms with E-state index in [9.17, 15) is 4.39 Å². The zero-order valence-corrected chi connectivity index (χ0v) is 10.0. The topological polar surface area (TPSA) is 53.6 Å². The summed E-state index contributed by atoms with van der Waals surface area (Å²) < 4.78 is 15.4. The molecule has 0 spiro atoms. The fourth-order valence-corrected chi connectivity index (χ4v) is 1.66. The van der Waals surface area contributed by atoms with Gasteiger partial charge in [0.1, 0.15) is 11.6 Å². The fourth-order valence-electron chi connectivity index (χ4n) is 1.66. The number of hydrogen-bond acceptors (Lipinski definition) is 3. The highest BCUT2D eigenvalue weighted by molar-refractivity contribution is 5.33. The van der Waals surface area contributed by atoms with Crippen molar-refractivity contribution in [2.75, 3.05) is 0 Å². The summed E-state index contributed by atoms with van der Waals surface area (Å²) in [5.41, 5.74) is 0.952. The highest BCUT2D eigenvalue weighted by Crippen LogP contribution is 2.10. The summed E-state index contributed by atoms with van der Waals surface area (Å²) in [4.78, 5) is 4.16. The molecule has 1 N–H and O–H groups in total. The van der Waals surface area contributed by atoms with Gasteiger partial charge < -0.3 is 9.88 Å². The standard InChI is InChI=1S/C13H13FN4/c1-18-5-4-17-13(18)9-16-8-11-6-10(7-15)2-3-12(11)14/h2-6,16H,8-9H2,1H3. The SMILES string of the molecule is Cn1ccnc1CNCc1cc(C#N)ccc1F. The molecule has 1 aromatic carbocycles. The largest absolute Gasteiger partial charge is 0.337 e. The maximum atomic E-state index is 13.5. The minimum atomic E-state index is -0.304. The van der Waals surface area contributed by atoms with Crippen molar-refractivity contribution in [3.63, 3.8) is 0 Å². The monoisotopic (exact) mass is 244 g/mol. The van der Waals surface area contributed by atoms with Crippen molar-refractivity contribution < 1.29 is 4.39 Å². The van der Waals surface area contributed by atoms with Crippen LogP contribution in [0.15, 0.2) is 30.6 Å². The van der Waals surface area contributed by atoms with Crippen molar-refractivity contribution in [3.05, 3.63) is 53.4 Å². The number of hydrogen-bond donors (Lipinski definition) is 1. The molecule has 1 aromatic heterocycles. The normalized spacial score (nSPS) is 10.3. The summed E-state index contributed by atoms with van der Waals surface area (Å²) in [6, 6.07) is 6.34. The highest BCUT2D eigenvalue weighted by atomic mass is 19.1. The quantitative estimate of drug-likeness (QED) is 0.891. The van der Waals surface area contributed by atoms with Gasteiger partial charge in [0.2, 0.25) is 0 Å². The van der Waals surface area contributed by atoms with Gasteiger partial charge in [-0.05, 0) is 18.2 Å². The van der Waals surface area contributed by atoms with Crippen molar-refractivity contribution in [2.45, 2.75) is 13.1 Å². The average molecular weight is 244 g/mol. The van der Waals surface area contributed by atoms with E-state index in [-0.39, 0.29) is 5.82 Å². The van der Waals surface area contributed by atoms with Gasteiger partial charge in [0, 0.05) is 31.5 Å². The number of rotatable bonds is 4. The minimum absolute atomic E-state index is 0.304. The molecule has 0 aliphatic heterocycles. The number of nitrogens with one attached hydrogen (secondary N) is 1. The van der Waals surface area contributed by atoms with E-state index in [2.05, 4.69) is 10.3 Å². The lowest BCUT2D eigenvalue weighted by atomic mass is 10.1. The maximum absolute atomic E-state index is 13.5. The molecule has 4 nitrogen and oxygen atoms in total. The lowest BCUT2D eigenvalue weighted by molar-refractivity contribution is 0.578. The molecule has 2 aromatic rings. The van der Waals surface area contributed by atoms with Crippen LogP contribution in [0, 0.1) is 17.1 Å². The zero-order valence-electron chi connectivity index (χ0n) is 10.0. The molecule has 0 fully saturated rings. The first kappa shape index (κ1) is 12.3. The van der Waals surface area contributed by atoms with E-state index in [1.807, 2.05) is 23.9 Å². The van der Waals surface area contributed by atoms with Crippen LogP contribution in [0.5, 0.6) is 0 Å². The van der Waals surface area contributed by atoms with E-state index >= 15 is 0 Å². The predicted molar refractivity (Wildman–Crippen MR) is 64.9 cm³/mol. The third-order valence-corrected chi connectivity index (χ3v) is 2.69. The van der Waals surface area contributed by atoms with E-state index in [0.717, 1.165) is 5.82 Å². The first-order valence-corrected chi connectivity index (χ1v) is 5.56. The first-order valence-electron chi connectivity index (χ1n) is 5.56. The Morgan fingerprint density at radius 1 is 1.44 bits per heavy atom. The Morgan fingerprint density at radius 3 is 2.94 bits per heavy atom.